The molecule has 1 amide bonds. The van der Waals surface area contributed by atoms with Crippen molar-refractivity contribution in [2.24, 2.45) is 11.8 Å². The third-order valence-electron chi connectivity index (χ3n) is 5.08. The molecule has 2 fully saturated rings. The second-order valence-electron chi connectivity index (χ2n) is 6.43. The Morgan fingerprint density at radius 2 is 2.08 bits per heavy atom. The van der Waals surface area contributed by atoms with Crippen LogP contribution in [-0.2, 0) is 19.1 Å². The van der Waals surface area contributed by atoms with Gasteiger partial charge in [0.1, 0.15) is 11.5 Å². The van der Waals surface area contributed by atoms with Crippen LogP contribution >= 0.6 is 0 Å². The number of carboxylic acid groups (broad SMARTS) is 1. The minimum Gasteiger partial charge on any atom is -0.481 e. The van der Waals surface area contributed by atoms with Gasteiger partial charge in [-0.3, -0.25) is 9.59 Å². The summed E-state index contributed by atoms with van der Waals surface area (Å²) in [7, 11) is 0. The highest BCUT2D eigenvalue weighted by Crippen LogP contribution is 2.52. The summed E-state index contributed by atoms with van der Waals surface area (Å²) in [6.45, 7) is 2.29. The van der Waals surface area contributed by atoms with Crippen LogP contribution in [0.4, 0.5) is 5.69 Å². The van der Waals surface area contributed by atoms with Gasteiger partial charge in [0.15, 0.2) is 0 Å². The summed E-state index contributed by atoms with van der Waals surface area (Å²) in [6.07, 6.45) is 3.00. The summed E-state index contributed by atoms with van der Waals surface area (Å²) in [5, 5.41) is 9.47. The van der Waals surface area contributed by atoms with E-state index in [2.05, 4.69) is 0 Å². The SMILES string of the molecule is CCOC(=O)c1ccc(N2C[C@]34C=C[C@@H](O3)[C@@H](C(=O)O)[C@@H]4C2=O)cc1. The highest BCUT2D eigenvalue weighted by atomic mass is 16.5. The highest BCUT2D eigenvalue weighted by Gasteiger charge is 2.67. The Morgan fingerprint density at radius 1 is 1.36 bits per heavy atom. The van der Waals surface area contributed by atoms with Crippen LogP contribution in [0.25, 0.3) is 0 Å². The maximum atomic E-state index is 12.9. The van der Waals surface area contributed by atoms with E-state index in [1.165, 1.54) is 4.90 Å². The van der Waals surface area contributed by atoms with Gasteiger partial charge in [-0.15, -0.1) is 0 Å². The fourth-order valence-electron chi connectivity index (χ4n) is 3.99. The molecule has 2 bridgehead atoms. The van der Waals surface area contributed by atoms with Gasteiger partial charge in [-0.1, -0.05) is 12.2 Å². The first-order valence-electron chi connectivity index (χ1n) is 8.15. The van der Waals surface area contributed by atoms with E-state index in [1.807, 2.05) is 6.08 Å². The number of carbonyl (C=O) groups is 3. The predicted molar refractivity (Wildman–Crippen MR) is 86.1 cm³/mol. The lowest BCUT2D eigenvalue weighted by Gasteiger charge is -2.21. The summed E-state index contributed by atoms with van der Waals surface area (Å²) >= 11 is 0. The van der Waals surface area contributed by atoms with Crippen molar-refractivity contribution in [1.29, 1.82) is 0 Å². The number of hydrogen-bond acceptors (Lipinski definition) is 5. The Labute approximate surface area is 143 Å². The quantitative estimate of drug-likeness (QED) is 0.653. The minimum absolute atomic E-state index is 0.261. The van der Waals surface area contributed by atoms with Crippen LogP contribution in [0.5, 0.6) is 0 Å². The number of hydrogen-bond donors (Lipinski definition) is 1. The van der Waals surface area contributed by atoms with Gasteiger partial charge in [-0.2, -0.15) is 0 Å². The molecule has 0 aromatic heterocycles. The zero-order valence-electron chi connectivity index (χ0n) is 13.5. The number of carboxylic acids is 1. The maximum Gasteiger partial charge on any atom is 0.338 e. The molecule has 0 unspecified atom stereocenters. The van der Waals surface area contributed by atoms with Crippen LogP contribution in [0.3, 0.4) is 0 Å². The number of benzene rings is 1. The van der Waals surface area contributed by atoms with Crippen LogP contribution < -0.4 is 4.90 Å². The van der Waals surface area contributed by atoms with Crippen LogP contribution in [0.1, 0.15) is 17.3 Å². The molecule has 3 aliphatic heterocycles. The van der Waals surface area contributed by atoms with E-state index in [9.17, 15) is 19.5 Å². The number of fused-ring (bicyclic) bond motifs is 1. The summed E-state index contributed by atoms with van der Waals surface area (Å²) < 4.78 is 10.8. The van der Waals surface area contributed by atoms with Gasteiger partial charge >= 0.3 is 11.9 Å². The topological polar surface area (TPSA) is 93.1 Å². The van der Waals surface area contributed by atoms with E-state index in [0.717, 1.165) is 0 Å². The average Bonchev–Trinajstić information content (AvgIpc) is 3.23. The van der Waals surface area contributed by atoms with E-state index in [0.29, 0.717) is 11.3 Å². The molecule has 1 aromatic rings. The number of amides is 1. The van der Waals surface area contributed by atoms with E-state index in [-0.39, 0.29) is 19.1 Å². The van der Waals surface area contributed by atoms with E-state index in [1.54, 1.807) is 37.3 Å². The molecule has 0 saturated carbocycles. The number of aliphatic carboxylic acids is 1. The largest absolute Gasteiger partial charge is 0.481 e. The second kappa shape index (κ2) is 5.42. The zero-order valence-corrected chi connectivity index (χ0v) is 13.5. The van der Waals surface area contributed by atoms with Gasteiger partial charge < -0.3 is 19.5 Å². The van der Waals surface area contributed by atoms with E-state index in [4.69, 9.17) is 9.47 Å². The average molecular weight is 343 g/mol. The molecule has 4 atom stereocenters. The third-order valence-corrected chi connectivity index (χ3v) is 5.08. The highest BCUT2D eigenvalue weighted by molar-refractivity contribution is 6.02. The lowest BCUT2D eigenvalue weighted by atomic mass is 9.77. The Kier molecular flexibility index (Phi) is 3.43. The molecule has 1 N–H and O–H groups in total. The fraction of sp³-hybridized carbons (Fsp3) is 0.389. The van der Waals surface area contributed by atoms with Gasteiger partial charge in [0, 0.05) is 5.69 Å². The first-order valence-corrected chi connectivity index (χ1v) is 8.15. The predicted octanol–water partition coefficient (Wildman–Crippen LogP) is 1.23. The molecule has 25 heavy (non-hydrogen) atoms. The molecular formula is C18H17NO6. The molecular weight excluding hydrogens is 326 g/mol. The monoisotopic (exact) mass is 343 g/mol. The summed E-state index contributed by atoms with van der Waals surface area (Å²) in [5.74, 6) is -3.28. The van der Waals surface area contributed by atoms with Gasteiger partial charge in [-0.25, -0.2) is 4.79 Å². The standard InChI is InChI=1S/C18H17NO6/c1-2-24-17(23)10-3-5-11(6-4-10)19-9-18-8-7-12(25-18)13(16(21)22)14(18)15(19)20/h3-8,12-14H,2,9H2,1H3,(H,21,22)/t12-,13-,14-,18+/m1/s1. The summed E-state index contributed by atoms with van der Waals surface area (Å²) in [5.41, 5.74) is 0.132. The molecule has 0 radical (unpaired) electrons. The molecule has 3 aliphatic rings. The van der Waals surface area contributed by atoms with Crippen molar-refractivity contribution in [2.75, 3.05) is 18.1 Å². The van der Waals surface area contributed by atoms with Crippen LogP contribution in [0.15, 0.2) is 36.4 Å². The van der Waals surface area contributed by atoms with E-state index >= 15 is 0 Å². The van der Waals surface area contributed by atoms with Crippen LogP contribution in [-0.4, -0.2) is 47.8 Å². The number of rotatable bonds is 4. The lowest BCUT2D eigenvalue weighted by Crippen LogP contribution is -2.39. The maximum absolute atomic E-state index is 12.9. The minimum atomic E-state index is -1.02. The van der Waals surface area contributed by atoms with Crippen molar-refractivity contribution >= 4 is 23.5 Å². The zero-order chi connectivity index (χ0) is 17.8. The van der Waals surface area contributed by atoms with Gasteiger partial charge in [0.25, 0.3) is 0 Å². The smallest absolute Gasteiger partial charge is 0.338 e. The van der Waals surface area contributed by atoms with Crippen molar-refractivity contribution in [3.05, 3.63) is 42.0 Å². The molecule has 0 aliphatic carbocycles. The van der Waals surface area contributed by atoms with E-state index < -0.39 is 35.5 Å². The normalized spacial score (nSPS) is 32.1. The van der Waals surface area contributed by atoms with Crippen molar-refractivity contribution in [3.63, 3.8) is 0 Å². The fourth-order valence-corrected chi connectivity index (χ4v) is 3.99. The Bertz CT molecular complexity index is 785. The van der Waals surface area contributed by atoms with Crippen molar-refractivity contribution in [1.82, 2.24) is 0 Å². The van der Waals surface area contributed by atoms with Gasteiger partial charge in [0.2, 0.25) is 5.91 Å². The Hall–Kier alpha value is -2.67. The van der Waals surface area contributed by atoms with Crippen molar-refractivity contribution in [2.45, 2.75) is 18.6 Å². The molecule has 2 saturated heterocycles. The number of carbonyl (C=O) groups excluding carboxylic acids is 2. The summed E-state index contributed by atoms with van der Waals surface area (Å²) in [6, 6.07) is 6.51. The Balaban J connectivity index is 1.61. The molecule has 4 rings (SSSR count). The van der Waals surface area contributed by atoms with Gasteiger partial charge in [0.05, 0.1) is 30.7 Å². The number of esters is 1. The molecule has 130 valence electrons. The summed E-state index contributed by atoms with van der Waals surface area (Å²) in [4.78, 5) is 37.7. The first-order chi connectivity index (χ1) is 12.0. The second-order valence-corrected chi connectivity index (χ2v) is 6.43. The number of ether oxygens (including phenoxy) is 2. The van der Waals surface area contributed by atoms with Gasteiger partial charge in [-0.05, 0) is 31.2 Å². The lowest BCUT2D eigenvalue weighted by molar-refractivity contribution is -0.146. The molecule has 1 spiro atoms. The molecule has 7 heteroatoms. The molecule has 3 heterocycles. The molecule has 1 aromatic carbocycles. The van der Waals surface area contributed by atoms with Crippen molar-refractivity contribution < 1.29 is 29.0 Å². The van der Waals surface area contributed by atoms with Crippen LogP contribution in [0.2, 0.25) is 0 Å². The number of nitrogens with zero attached hydrogens (tertiary/aromatic N) is 1. The third kappa shape index (κ3) is 2.19. The van der Waals surface area contributed by atoms with Crippen LogP contribution in [0, 0.1) is 11.8 Å². The molecule has 7 nitrogen and oxygen atoms in total. The number of anilines is 1. The van der Waals surface area contributed by atoms with Crippen molar-refractivity contribution in [3.8, 4) is 0 Å². The first kappa shape index (κ1) is 15.8. The Morgan fingerprint density at radius 3 is 2.72 bits per heavy atom.